The van der Waals surface area contributed by atoms with E-state index in [-0.39, 0.29) is 18.2 Å². The molecule has 1 N–H and O–H groups in total. The Morgan fingerprint density at radius 3 is 2.80 bits per heavy atom. The maximum Gasteiger partial charge on any atom is 0.573 e. The molecule has 112 valence electrons. The fraction of sp³-hybridized carbons (Fsp3) is 0.538. The summed E-state index contributed by atoms with van der Waals surface area (Å²) in [6, 6.07) is 4.03. The highest BCUT2D eigenvalue weighted by Crippen LogP contribution is 2.28. The molecule has 0 saturated carbocycles. The monoisotopic (exact) mass is 292 g/mol. The zero-order valence-electron chi connectivity index (χ0n) is 11.0. The number of alkyl halides is 3. The summed E-state index contributed by atoms with van der Waals surface area (Å²) < 4.78 is 54.2. The Hall–Kier alpha value is -1.34. The third-order valence-corrected chi connectivity index (χ3v) is 3.28. The van der Waals surface area contributed by atoms with Crippen molar-refractivity contribution in [3.05, 3.63) is 29.6 Å². The van der Waals surface area contributed by atoms with E-state index < -0.39 is 17.9 Å². The predicted octanol–water partition coefficient (Wildman–Crippen LogP) is 2.52. The highest BCUT2D eigenvalue weighted by Gasteiger charge is 2.33. The van der Waals surface area contributed by atoms with Crippen LogP contribution >= 0.6 is 0 Å². The molecular formula is C13H16F4N2O. The molecule has 1 aliphatic rings. The van der Waals surface area contributed by atoms with Gasteiger partial charge in [0.2, 0.25) is 0 Å². The molecule has 1 aromatic carbocycles. The molecule has 0 aromatic heterocycles. The lowest BCUT2D eigenvalue weighted by molar-refractivity contribution is -0.275. The Morgan fingerprint density at radius 2 is 2.15 bits per heavy atom. The van der Waals surface area contributed by atoms with Gasteiger partial charge in [-0.1, -0.05) is 12.1 Å². The van der Waals surface area contributed by atoms with E-state index in [9.17, 15) is 17.6 Å². The lowest BCUT2D eigenvalue weighted by Gasteiger charge is -2.34. The number of nitrogens with zero attached hydrogens (tertiary/aromatic N) is 1. The number of hydrogen-bond acceptors (Lipinski definition) is 3. The number of ether oxygens (including phenoxy) is 1. The SMILES string of the molecule is C[C@@H]1CNCCN1Cc1cccc(OC(F)(F)F)c1F. The van der Waals surface area contributed by atoms with Crippen LogP contribution in [-0.4, -0.2) is 36.9 Å². The van der Waals surface area contributed by atoms with Crippen LogP contribution in [0.3, 0.4) is 0 Å². The number of nitrogens with one attached hydrogen (secondary N) is 1. The fourth-order valence-electron chi connectivity index (χ4n) is 2.22. The van der Waals surface area contributed by atoms with Gasteiger partial charge in [0.25, 0.3) is 0 Å². The van der Waals surface area contributed by atoms with Crippen LogP contribution in [0.1, 0.15) is 12.5 Å². The maximum atomic E-state index is 14.0. The van der Waals surface area contributed by atoms with Gasteiger partial charge in [-0.2, -0.15) is 0 Å². The standard InChI is InChI=1S/C13H16F4N2O/c1-9-7-18-5-6-19(9)8-10-3-2-4-11(12(10)14)20-13(15,16)17/h2-4,9,18H,5-8H2,1H3/t9-/m1/s1. The van der Waals surface area contributed by atoms with Crippen molar-refractivity contribution in [2.75, 3.05) is 19.6 Å². The summed E-state index contributed by atoms with van der Waals surface area (Å²) in [5.41, 5.74) is 0.209. The van der Waals surface area contributed by atoms with Gasteiger partial charge < -0.3 is 10.1 Å². The first-order valence-corrected chi connectivity index (χ1v) is 6.35. The van der Waals surface area contributed by atoms with Crippen molar-refractivity contribution in [2.24, 2.45) is 0 Å². The van der Waals surface area contributed by atoms with Crippen molar-refractivity contribution in [1.29, 1.82) is 0 Å². The molecule has 1 fully saturated rings. The quantitative estimate of drug-likeness (QED) is 0.866. The summed E-state index contributed by atoms with van der Waals surface area (Å²) in [6.07, 6.45) is -4.89. The third-order valence-electron chi connectivity index (χ3n) is 3.28. The second-order valence-electron chi connectivity index (χ2n) is 4.80. The zero-order valence-corrected chi connectivity index (χ0v) is 11.0. The molecule has 0 aliphatic carbocycles. The lowest BCUT2D eigenvalue weighted by Crippen LogP contribution is -2.49. The fourth-order valence-corrected chi connectivity index (χ4v) is 2.22. The molecule has 1 heterocycles. The molecule has 2 rings (SSSR count). The largest absolute Gasteiger partial charge is 0.573 e. The van der Waals surface area contributed by atoms with Crippen molar-refractivity contribution in [3.63, 3.8) is 0 Å². The van der Waals surface area contributed by atoms with Crippen LogP contribution in [0.2, 0.25) is 0 Å². The Labute approximate surface area is 114 Å². The highest BCUT2D eigenvalue weighted by atomic mass is 19.4. The summed E-state index contributed by atoms with van der Waals surface area (Å²) >= 11 is 0. The van der Waals surface area contributed by atoms with E-state index in [1.165, 1.54) is 12.1 Å². The molecule has 0 spiro atoms. The molecular weight excluding hydrogens is 276 g/mol. The molecule has 1 aliphatic heterocycles. The van der Waals surface area contributed by atoms with Crippen LogP contribution < -0.4 is 10.1 Å². The summed E-state index contributed by atoms with van der Waals surface area (Å²) in [6.45, 7) is 4.54. The zero-order chi connectivity index (χ0) is 14.8. The maximum absolute atomic E-state index is 14.0. The first kappa shape index (κ1) is 15.1. The summed E-state index contributed by atoms with van der Waals surface area (Å²) in [7, 11) is 0. The van der Waals surface area contributed by atoms with Crippen molar-refractivity contribution in [2.45, 2.75) is 25.9 Å². The van der Waals surface area contributed by atoms with Crippen molar-refractivity contribution >= 4 is 0 Å². The Morgan fingerprint density at radius 1 is 1.40 bits per heavy atom. The molecule has 3 nitrogen and oxygen atoms in total. The topological polar surface area (TPSA) is 24.5 Å². The van der Waals surface area contributed by atoms with E-state index in [0.717, 1.165) is 25.7 Å². The average Bonchev–Trinajstić information content (AvgIpc) is 2.35. The molecule has 0 radical (unpaired) electrons. The van der Waals surface area contributed by atoms with Crippen LogP contribution in [0.4, 0.5) is 17.6 Å². The van der Waals surface area contributed by atoms with Gasteiger partial charge in [-0.25, -0.2) is 4.39 Å². The van der Waals surface area contributed by atoms with Crippen LogP contribution in [0.25, 0.3) is 0 Å². The minimum Gasteiger partial charge on any atom is -0.403 e. The minimum absolute atomic E-state index is 0.204. The van der Waals surface area contributed by atoms with Crippen molar-refractivity contribution < 1.29 is 22.3 Å². The first-order valence-electron chi connectivity index (χ1n) is 6.35. The van der Waals surface area contributed by atoms with Gasteiger partial charge in [-0.15, -0.1) is 13.2 Å². The van der Waals surface area contributed by atoms with Crippen LogP contribution in [-0.2, 0) is 6.54 Å². The molecule has 1 saturated heterocycles. The van der Waals surface area contributed by atoms with Crippen molar-refractivity contribution in [1.82, 2.24) is 10.2 Å². The number of halogens is 4. The van der Waals surface area contributed by atoms with Gasteiger partial charge in [0, 0.05) is 37.8 Å². The van der Waals surface area contributed by atoms with E-state index in [0.29, 0.717) is 0 Å². The Bertz CT molecular complexity index is 464. The first-order chi connectivity index (χ1) is 9.37. The normalized spacial score (nSPS) is 20.9. The van der Waals surface area contributed by atoms with Gasteiger partial charge in [0.05, 0.1) is 0 Å². The van der Waals surface area contributed by atoms with E-state index in [1.54, 1.807) is 0 Å². The highest BCUT2D eigenvalue weighted by molar-refractivity contribution is 5.31. The average molecular weight is 292 g/mol. The van der Waals surface area contributed by atoms with Crippen LogP contribution in [0.15, 0.2) is 18.2 Å². The van der Waals surface area contributed by atoms with Gasteiger partial charge in [-0.3, -0.25) is 4.90 Å². The van der Waals surface area contributed by atoms with Gasteiger partial charge in [0.1, 0.15) is 0 Å². The molecule has 0 amide bonds. The number of benzene rings is 1. The smallest absolute Gasteiger partial charge is 0.403 e. The molecule has 1 aromatic rings. The predicted molar refractivity (Wildman–Crippen MR) is 65.8 cm³/mol. The van der Waals surface area contributed by atoms with Crippen LogP contribution in [0, 0.1) is 5.82 Å². The van der Waals surface area contributed by atoms with E-state index in [4.69, 9.17) is 0 Å². The lowest BCUT2D eigenvalue weighted by atomic mass is 10.1. The van der Waals surface area contributed by atoms with Crippen LogP contribution in [0.5, 0.6) is 5.75 Å². The van der Waals surface area contributed by atoms with Gasteiger partial charge in [-0.05, 0) is 13.0 Å². The number of rotatable bonds is 3. The van der Waals surface area contributed by atoms with E-state index >= 15 is 0 Å². The molecule has 1 atom stereocenters. The second kappa shape index (κ2) is 5.97. The third kappa shape index (κ3) is 3.83. The summed E-state index contributed by atoms with van der Waals surface area (Å²) in [5, 5.41) is 3.20. The Kier molecular flexibility index (Phi) is 4.49. The summed E-state index contributed by atoms with van der Waals surface area (Å²) in [5.74, 6) is -1.73. The van der Waals surface area contributed by atoms with Crippen molar-refractivity contribution in [3.8, 4) is 5.75 Å². The minimum atomic E-state index is -4.89. The van der Waals surface area contributed by atoms with E-state index in [2.05, 4.69) is 10.1 Å². The number of hydrogen-bond donors (Lipinski definition) is 1. The van der Waals surface area contributed by atoms with E-state index in [1.807, 2.05) is 11.8 Å². The molecule has 7 heteroatoms. The van der Waals surface area contributed by atoms with Gasteiger partial charge >= 0.3 is 6.36 Å². The molecule has 0 bridgehead atoms. The second-order valence-corrected chi connectivity index (χ2v) is 4.80. The Balaban J connectivity index is 2.14. The summed E-state index contributed by atoms with van der Waals surface area (Å²) in [4.78, 5) is 2.02. The molecule has 20 heavy (non-hydrogen) atoms. The molecule has 0 unspecified atom stereocenters. The van der Waals surface area contributed by atoms with Gasteiger partial charge in [0.15, 0.2) is 11.6 Å². The number of piperazine rings is 1.